The summed E-state index contributed by atoms with van der Waals surface area (Å²) < 4.78 is 29.4. The van der Waals surface area contributed by atoms with Gasteiger partial charge < -0.3 is 4.57 Å². The summed E-state index contributed by atoms with van der Waals surface area (Å²) >= 11 is 0. The van der Waals surface area contributed by atoms with E-state index in [1.165, 1.54) is 10.5 Å². The van der Waals surface area contributed by atoms with Crippen LogP contribution in [-0.2, 0) is 16.6 Å². The zero-order valence-electron chi connectivity index (χ0n) is 13.6. The number of sulfonamides is 1. The number of nitrogens with zero attached hydrogens (tertiary/aromatic N) is 5. The van der Waals surface area contributed by atoms with E-state index < -0.39 is 10.0 Å². The summed E-state index contributed by atoms with van der Waals surface area (Å²) in [6.45, 7) is 7.21. The van der Waals surface area contributed by atoms with Gasteiger partial charge in [-0.25, -0.2) is 8.42 Å². The van der Waals surface area contributed by atoms with Gasteiger partial charge in [-0.2, -0.15) is 9.40 Å². The number of aromatic nitrogens is 5. The molecule has 1 aliphatic rings. The van der Waals surface area contributed by atoms with E-state index in [0.29, 0.717) is 18.2 Å². The number of hydrogen-bond acceptors (Lipinski definition) is 5. The van der Waals surface area contributed by atoms with Crippen LogP contribution >= 0.6 is 0 Å². The molecule has 1 fully saturated rings. The summed E-state index contributed by atoms with van der Waals surface area (Å²) in [4.78, 5) is 0.235. The molecule has 1 atom stereocenters. The summed E-state index contributed by atoms with van der Waals surface area (Å²) in [5.74, 6) is 1.16. The van der Waals surface area contributed by atoms with Crippen molar-refractivity contribution >= 4 is 10.0 Å². The molecule has 2 aromatic heterocycles. The monoisotopic (exact) mass is 338 g/mol. The van der Waals surface area contributed by atoms with Crippen LogP contribution in [0.5, 0.6) is 0 Å². The third-order valence-corrected chi connectivity index (χ3v) is 6.10. The molecule has 0 spiro atoms. The average Bonchev–Trinajstić information content (AvgIpc) is 3.16. The van der Waals surface area contributed by atoms with E-state index in [-0.39, 0.29) is 10.9 Å². The van der Waals surface area contributed by atoms with Crippen molar-refractivity contribution in [3.8, 4) is 0 Å². The number of nitrogens with one attached hydrogen (secondary N) is 1. The lowest BCUT2D eigenvalue weighted by atomic mass is 10.2. The van der Waals surface area contributed by atoms with Crippen LogP contribution in [0.2, 0.25) is 0 Å². The van der Waals surface area contributed by atoms with E-state index in [0.717, 1.165) is 25.2 Å². The molecule has 9 heteroatoms. The SMILES string of the molecule is Cc1[nH]ncc1S(=O)(=O)N1CCC[C@@H]1c1nncn1CC(C)C. The minimum atomic E-state index is -3.59. The fourth-order valence-corrected chi connectivity index (χ4v) is 4.84. The van der Waals surface area contributed by atoms with Crippen LogP contribution in [0.15, 0.2) is 17.4 Å². The fourth-order valence-electron chi connectivity index (χ4n) is 3.07. The van der Waals surface area contributed by atoms with Crippen molar-refractivity contribution in [1.29, 1.82) is 0 Å². The molecule has 3 rings (SSSR count). The van der Waals surface area contributed by atoms with Gasteiger partial charge in [0.05, 0.1) is 17.9 Å². The van der Waals surface area contributed by atoms with Crippen molar-refractivity contribution in [3.63, 3.8) is 0 Å². The second-order valence-electron chi connectivity index (χ2n) is 6.37. The molecular formula is C14H22N6O2S. The lowest BCUT2D eigenvalue weighted by Crippen LogP contribution is -2.32. The van der Waals surface area contributed by atoms with E-state index in [1.807, 2.05) is 4.57 Å². The van der Waals surface area contributed by atoms with Crippen LogP contribution in [0, 0.1) is 12.8 Å². The Morgan fingerprint density at radius 3 is 2.87 bits per heavy atom. The summed E-state index contributed by atoms with van der Waals surface area (Å²) in [5.41, 5.74) is 0.555. The predicted molar refractivity (Wildman–Crippen MR) is 84.1 cm³/mol. The van der Waals surface area contributed by atoms with Gasteiger partial charge in [0.1, 0.15) is 11.2 Å². The van der Waals surface area contributed by atoms with Crippen LogP contribution < -0.4 is 0 Å². The van der Waals surface area contributed by atoms with Crippen molar-refractivity contribution < 1.29 is 8.42 Å². The molecule has 8 nitrogen and oxygen atoms in total. The maximum atomic E-state index is 13.0. The van der Waals surface area contributed by atoms with Crippen molar-refractivity contribution in [2.24, 2.45) is 5.92 Å². The quantitative estimate of drug-likeness (QED) is 0.891. The summed E-state index contributed by atoms with van der Waals surface area (Å²) in [7, 11) is -3.59. The Kier molecular flexibility index (Phi) is 4.24. The Hall–Kier alpha value is -1.74. The topological polar surface area (TPSA) is 96.8 Å². The molecule has 0 radical (unpaired) electrons. The van der Waals surface area contributed by atoms with Crippen molar-refractivity contribution in [2.45, 2.75) is 51.1 Å². The zero-order valence-corrected chi connectivity index (χ0v) is 14.4. The molecule has 0 aromatic carbocycles. The van der Waals surface area contributed by atoms with Crippen LogP contribution in [0.3, 0.4) is 0 Å². The Morgan fingerprint density at radius 2 is 2.22 bits per heavy atom. The standard InChI is InChI=1S/C14H22N6O2S/c1-10(2)8-19-9-16-18-14(19)12-5-4-6-20(12)23(21,22)13-7-15-17-11(13)3/h7,9-10,12H,4-6,8H2,1-3H3,(H,15,17)/t12-/m1/s1. The van der Waals surface area contributed by atoms with Gasteiger partial charge in [0.2, 0.25) is 10.0 Å². The molecule has 0 unspecified atom stereocenters. The van der Waals surface area contributed by atoms with Gasteiger partial charge >= 0.3 is 0 Å². The molecule has 3 heterocycles. The van der Waals surface area contributed by atoms with E-state index in [1.54, 1.807) is 13.3 Å². The smallest absolute Gasteiger partial charge is 0.247 e. The molecule has 23 heavy (non-hydrogen) atoms. The van der Waals surface area contributed by atoms with Crippen molar-refractivity contribution in [2.75, 3.05) is 6.54 Å². The van der Waals surface area contributed by atoms with E-state index >= 15 is 0 Å². The first kappa shape index (κ1) is 16.1. The average molecular weight is 338 g/mol. The van der Waals surface area contributed by atoms with Crippen molar-refractivity contribution in [3.05, 3.63) is 24.0 Å². The van der Waals surface area contributed by atoms with Crippen LogP contribution in [0.4, 0.5) is 0 Å². The van der Waals surface area contributed by atoms with E-state index in [9.17, 15) is 8.42 Å². The maximum absolute atomic E-state index is 13.0. The highest BCUT2D eigenvalue weighted by Gasteiger charge is 2.39. The third kappa shape index (κ3) is 2.90. The molecule has 126 valence electrons. The third-order valence-electron chi connectivity index (χ3n) is 4.08. The zero-order chi connectivity index (χ0) is 16.6. The molecule has 0 saturated carbocycles. The van der Waals surface area contributed by atoms with Gasteiger partial charge in [0.15, 0.2) is 5.82 Å². The van der Waals surface area contributed by atoms with Gasteiger partial charge in [-0.3, -0.25) is 5.10 Å². The minimum absolute atomic E-state index is 0.235. The highest BCUT2D eigenvalue weighted by atomic mass is 32.2. The van der Waals surface area contributed by atoms with Gasteiger partial charge in [-0.1, -0.05) is 13.8 Å². The number of aromatic amines is 1. The highest BCUT2D eigenvalue weighted by Crippen LogP contribution is 2.36. The maximum Gasteiger partial charge on any atom is 0.247 e. The van der Waals surface area contributed by atoms with Gasteiger partial charge in [-0.15, -0.1) is 10.2 Å². The Bertz CT molecular complexity index is 779. The largest absolute Gasteiger partial charge is 0.316 e. The second-order valence-corrected chi connectivity index (χ2v) is 8.23. The highest BCUT2D eigenvalue weighted by molar-refractivity contribution is 7.89. The first-order chi connectivity index (χ1) is 10.9. The van der Waals surface area contributed by atoms with E-state index in [4.69, 9.17) is 0 Å². The summed E-state index contributed by atoms with van der Waals surface area (Å²) in [6, 6.07) is -0.268. The van der Waals surface area contributed by atoms with E-state index in [2.05, 4.69) is 34.2 Å². The minimum Gasteiger partial charge on any atom is -0.316 e. The molecule has 1 saturated heterocycles. The van der Waals surface area contributed by atoms with Crippen molar-refractivity contribution in [1.82, 2.24) is 29.3 Å². The first-order valence-corrected chi connectivity index (χ1v) is 9.24. The molecule has 1 N–H and O–H groups in total. The summed E-state index contributed by atoms with van der Waals surface area (Å²) in [5, 5.41) is 14.7. The molecule has 0 amide bonds. The predicted octanol–water partition coefficient (Wildman–Crippen LogP) is 1.49. The lowest BCUT2D eigenvalue weighted by Gasteiger charge is -2.24. The van der Waals surface area contributed by atoms with Crippen LogP contribution in [0.1, 0.15) is 44.2 Å². The lowest BCUT2D eigenvalue weighted by molar-refractivity contribution is 0.364. The summed E-state index contributed by atoms with van der Waals surface area (Å²) in [6.07, 6.45) is 4.63. The number of H-pyrrole nitrogens is 1. The molecule has 2 aromatic rings. The Morgan fingerprint density at radius 1 is 1.43 bits per heavy atom. The molecular weight excluding hydrogens is 316 g/mol. The molecule has 0 aliphatic carbocycles. The Balaban J connectivity index is 1.95. The number of rotatable bonds is 5. The van der Waals surface area contributed by atoms with Gasteiger partial charge in [0.25, 0.3) is 0 Å². The van der Waals surface area contributed by atoms with Crippen LogP contribution in [-0.4, -0.2) is 44.2 Å². The number of aryl methyl sites for hydroxylation is 1. The van der Waals surface area contributed by atoms with Gasteiger partial charge in [0, 0.05) is 13.1 Å². The first-order valence-electron chi connectivity index (χ1n) is 7.80. The number of hydrogen-bond donors (Lipinski definition) is 1. The molecule has 1 aliphatic heterocycles. The fraction of sp³-hybridized carbons (Fsp3) is 0.643. The van der Waals surface area contributed by atoms with Crippen LogP contribution in [0.25, 0.3) is 0 Å². The molecule has 0 bridgehead atoms. The Labute approximate surface area is 136 Å². The van der Waals surface area contributed by atoms with Gasteiger partial charge in [-0.05, 0) is 25.7 Å². The normalized spacial score (nSPS) is 19.7. The second kappa shape index (κ2) is 6.04.